The van der Waals surface area contributed by atoms with Gasteiger partial charge < -0.3 is 15.4 Å². The Morgan fingerprint density at radius 3 is 2.58 bits per heavy atom. The number of anilines is 1. The maximum Gasteiger partial charge on any atom is 0.247 e. The van der Waals surface area contributed by atoms with Crippen LogP contribution in [0.15, 0.2) is 73.3 Å². The van der Waals surface area contributed by atoms with E-state index in [-0.39, 0.29) is 11.7 Å². The van der Waals surface area contributed by atoms with Crippen LogP contribution in [-0.4, -0.2) is 24.5 Å². The summed E-state index contributed by atoms with van der Waals surface area (Å²) >= 11 is 0. The number of carbonyl (C=O) groups is 1. The first kappa shape index (κ1) is 23.7. The van der Waals surface area contributed by atoms with Gasteiger partial charge in [-0.25, -0.2) is 9.37 Å². The summed E-state index contributed by atoms with van der Waals surface area (Å²) in [5.74, 6) is 0.106. The third-order valence-electron chi connectivity index (χ3n) is 5.23. The standard InChI is InChI=1S/C27H28FN3O2/c1-5-23(20-8-7-18(3)24(17-20)31-26(32)6-2)29-16-15-22-13-14-25(33-4)27(30-22)19-9-11-21(28)12-10-19/h5-14,17,29H,2,15-16H2,1,3-4H3,(H,31,32)/b23-5-. The molecule has 0 radical (unpaired) electrons. The lowest BCUT2D eigenvalue weighted by Crippen LogP contribution is -2.17. The summed E-state index contributed by atoms with van der Waals surface area (Å²) in [5.41, 5.74) is 6.02. The predicted molar refractivity (Wildman–Crippen MR) is 132 cm³/mol. The molecule has 0 spiro atoms. The first-order chi connectivity index (χ1) is 15.9. The molecular weight excluding hydrogens is 417 g/mol. The van der Waals surface area contributed by atoms with Crippen molar-refractivity contribution in [2.75, 3.05) is 19.0 Å². The molecule has 0 atom stereocenters. The molecule has 1 amide bonds. The van der Waals surface area contributed by atoms with Gasteiger partial charge in [-0.2, -0.15) is 0 Å². The zero-order valence-electron chi connectivity index (χ0n) is 19.1. The number of aryl methyl sites for hydroxylation is 1. The number of nitrogens with one attached hydrogen (secondary N) is 2. The molecular formula is C27H28FN3O2. The second-order valence-electron chi connectivity index (χ2n) is 7.46. The van der Waals surface area contributed by atoms with Crippen molar-refractivity contribution >= 4 is 17.3 Å². The summed E-state index contributed by atoms with van der Waals surface area (Å²) in [7, 11) is 1.59. The van der Waals surface area contributed by atoms with Crippen molar-refractivity contribution < 1.29 is 13.9 Å². The number of aromatic nitrogens is 1. The second kappa shape index (κ2) is 11.1. The molecule has 1 aromatic heterocycles. The van der Waals surface area contributed by atoms with E-state index >= 15 is 0 Å². The maximum atomic E-state index is 13.3. The van der Waals surface area contributed by atoms with Crippen molar-refractivity contribution in [3.8, 4) is 17.0 Å². The number of benzene rings is 2. The van der Waals surface area contributed by atoms with Gasteiger partial charge in [-0.3, -0.25) is 4.79 Å². The molecule has 3 aromatic rings. The molecule has 2 N–H and O–H groups in total. The lowest BCUT2D eigenvalue weighted by Gasteiger charge is -2.15. The molecule has 0 saturated carbocycles. The van der Waals surface area contributed by atoms with E-state index in [2.05, 4.69) is 17.2 Å². The highest BCUT2D eigenvalue weighted by molar-refractivity contribution is 5.99. The highest BCUT2D eigenvalue weighted by Gasteiger charge is 2.10. The van der Waals surface area contributed by atoms with E-state index in [1.807, 2.05) is 50.3 Å². The number of allylic oxidation sites excluding steroid dienone is 1. The third kappa shape index (κ3) is 6.07. The van der Waals surface area contributed by atoms with Crippen molar-refractivity contribution in [3.05, 3.63) is 96.0 Å². The van der Waals surface area contributed by atoms with E-state index in [9.17, 15) is 9.18 Å². The van der Waals surface area contributed by atoms with Crippen molar-refractivity contribution in [2.45, 2.75) is 20.3 Å². The topological polar surface area (TPSA) is 63.2 Å². The Morgan fingerprint density at radius 1 is 1.15 bits per heavy atom. The number of halogens is 1. The van der Waals surface area contributed by atoms with Gasteiger partial charge in [-0.1, -0.05) is 24.8 Å². The van der Waals surface area contributed by atoms with E-state index in [0.29, 0.717) is 24.4 Å². The fourth-order valence-corrected chi connectivity index (χ4v) is 3.41. The molecule has 0 fully saturated rings. The fraction of sp³-hybridized carbons (Fsp3) is 0.185. The largest absolute Gasteiger partial charge is 0.494 e. The number of methoxy groups -OCH3 is 1. The van der Waals surface area contributed by atoms with Gasteiger partial charge in [0, 0.05) is 35.6 Å². The Hall–Kier alpha value is -3.93. The molecule has 0 unspecified atom stereocenters. The Labute approximate surface area is 194 Å². The number of carbonyl (C=O) groups excluding carboxylic acids is 1. The molecule has 0 aliphatic rings. The van der Waals surface area contributed by atoms with Crippen LogP contribution in [0.25, 0.3) is 17.0 Å². The molecule has 0 bridgehead atoms. The molecule has 1 heterocycles. The van der Waals surface area contributed by atoms with Gasteiger partial charge in [0.05, 0.1) is 7.11 Å². The molecule has 3 rings (SSSR count). The average Bonchev–Trinajstić information content (AvgIpc) is 2.83. The van der Waals surface area contributed by atoms with Gasteiger partial charge in [0.15, 0.2) is 0 Å². The normalized spacial score (nSPS) is 11.1. The molecule has 170 valence electrons. The molecule has 6 heteroatoms. The minimum atomic E-state index is -0.291. The smallest absolute Gasteiger partial charge is 0.247 e. The van der Waals surface area contributed by atoms with Crippen molar-refractivity contribution in [2.24, 2.45) is 0 Å². The summed E-state index contributed by atoms with van der Waals surface area (Å²) in [6, 6.07) is 16.0. The molecule has 0 aliphatic heterocycles. The van der Waals surface area contributed by atoms with Crippen LogP contribution in [0.3, 0.4) is 0 Å². The molecule has 33 heavy (non-hydrogen) atoms. The number of amides is 1. The highest BCUT2D eigenvalue weighted by atomic mass is 19.1. The fourth-order valence-electron chi connectivity index (χ4n) is 3.41. The van der Waals surface area contributed by atoms with Gasteiger partial charge in [0.2, 0.25) is 5.91 Å². The lowest BCUT2D eigenvalue weighted by atomic mass is 10.1. The van der Waals surface area contributed by atoms with E-state index in [1.54, 1.807) is 19.2 Å². The van der Waals surface area contributed by atoms with Gasteiger partial charge in [0.25, 0.3) is 0 Å². The molecule has 5 nitrogen and oxygen atoms in total. The number of hydrogen-bond acceptors (Lipinski definition) is 4. The summed E-state index contributed by atoms with van der Waals surface area (Å²) < 4.78 is 18.8. The zero-order chi connectivity index (χ0) is 23.8. The van der Waals surface area contributed by atoms with Crippen molar-refractivity contribution in [3.63, 3.8) is 0 Å². The third-order valence-corrected chi connectivity index (χ3v) is 5.23. The number of pyridine rings is 1. The van der Waals surface area contributed by atoms with Crippen LogP contribution >= 0.6 is 0 Å². The van der Waals surface area contributed by atoms with Crippen LogP contribution in [-0.2, 0) is 11.2 Å². The van der Waals surface area contributed by atoms with Crippen LogP contribution in [0.1, 0.15) is 23.7 Å². The van der Waals surface area contributed by atoms with E-state index < -0.39 is 0 Å². The average molecular weight is 446 g/mol. The van der Waals surface area contributed by atoms with Gasteiger partial charge in [-0.05, 0) is 73.5 Å². The minimum Gasteiger partial charge on any atom is -0.494 e. The van der Waals surface area contributed by atoms with Crippen molar-refractivity contribution in [1.29, 1.82) is 0 Å². The summed E-state index contributed by atoms with van der Waals surface area (Å²) in [4.78, 5) is 16.5. The number of ether oxygens (including phenoxy) is 1. The van der Waals surface area contributed by atoms with Crippen LogP contribution in [0.2, 0.25) is 0 Å². The monoisotopic (exact) mass is 445 g/mol. The maximum absolute atomic E-state index is 13.3. The van der Waals surface area contributed by atoms with E-state index in [1.165, 1.54) is 18.2 Å². The second-order valence-corrected chi connectivity index (χ2v) is 7.46. The summed E-state index contributed by atoms with van der Waals surface area (Å²) in [5, 5.41) is 6.29. The number of rotatable bonds is 9. The van der Waals surface area contributed by atoms with Crippen LogP contribution < -0.4 is 15.4 Å². The van der Waals surface area contributed by atoms with E-state index in [0.717, 1.165) is 33.8 Å². The highest BCUT2D eigenvalue weighted by Crippen LogP contribution is 2.28. The first-order valence-electron chi connectivity index (χ1n) is 10.7. The van der Waals surface area contributed by atoms with Crippen LogP contribution in [0.5, 0.6) is 5.75 Å². The SMILES string of the molecule is C=CC(=O)Nc1cc(/C(=C/C)NCCc2ccc(OC)c(-c3ccc(F)cc3)n2)ccc1C. The Balaban J connectivity index is 1.72. The number of hydrogen-bond donors (Lipinski definition) is 2. The van der Waals surface area contributed by atoms with Gasteiger partial charge in [0.1, 0.15) is 17.3 Å². The quantitative estimate of drug-likeness (QED) is 0.426. The first-order valence-corrected chi connectivity index (χ1v) is 10.7. The lowest BCUT2D eigenvalue weighted by molar-refractivity contribution is -0.111. The van der Waals surface area contributed by atoms with Gasteiger partial charge in [-0.15, -0.1) is 0 Å². The van der Waals surface area contributed by atoms with E-state index in [4.69, 9.17) is 9.72 Å². The van der Waals surface area contributed by atoms with Crippen LogP contribution in [0.4, 0.5) is 10.1 Å². The minimum absolute atomic E-state index is 0.243. The van der Waals surface area contributed by atoms with Crippen LogP contribution in [0, 0.1) is 12.7 Å². The Bertz CT molecular complexity index is 1170. The Morgan fingerprint density at radius 2 is 1.91 bits per heavy atom. The summed E-state index contributed by atoms with van der Waals surface area (Å²) in [6.45, 7) is 8.06. The Kier molecular flexibility index (Phi) is 7.97. The number of nitrogens with zero attached hydrogens (tertiary/aromatic N) is 1. The predicted octanol–water partition coefficient (Wildman–Crippen LogP) is 5.52. The zero-order valence-corrected chi connectivity index (χ0v) is 19.1. The van der Waals surface area contributed by atoms with Gasteiger partial charge >= 0.3 is 0 Å². The molecule has 0 aliphatic carbocycles. The summed E-state index contributed by atoms with van der Waals surface area (Å²) in [6.07, 6.45) is 3.93. The molecule has 2 aromatic carbocycles. The molecule has 0 saturated heterocycles. The van der Waals surface area contributed by atoms with Crippen molar-refractivity contribution in [1.82, 2.24) is 10.3 Å².